The van der Waals surface area contributed by atoms with Gasteiger partial charge in [0.05, 0.1) is 0 Å². The lowest BCUT2D eigenvalue weighted by Gasteiger charge is -2.26. The van der Waals surface area contributed by atoms with E-state index in [-0.39, 0.29) is 13.2 Å². The van der Waals surface area contributed by atoms with Crippen LogP contribution in [-0.4, -0.2) is 46.4 Å². The molecule has 0 aromatic heterocycles. The number of aliphatic hydroxyl groups excluding tert-OH is 1. The summed E-state index contributed by atoms with van der Waals surface area (Å²) in [6.07, 6.45) is 4.35. The molecule has 17 heavy (non-hydrogen) atoms. The fraction of sp³-hybridized carbons (Fsp3) is 1.00. The Bertz CT molecular complexity index is 448. The lowest BCUT2D eigenvalue weighted by atomic mass is 9.88. The van der Waals surface area contributed by atoms with Gasteiger partial charge in [-0.15, -0.1) is 0 Å². The quantitative estimate of drug-likeness (QED) is 0.682. The first-order chi connectivity index (χ1) is 7.68. The molecule has 0 heterocycles. The van der Waals surface area contributed by atoms with Crippen LogP contribution in [0.5, 0.6) is 0 Å². The molecule has 0 spiro atoms. The fourth-order valence-corrected chi connectivity index (χ4v) is 5.22. The molecule has 0 amide bonds. The molecule has 0 atom stereocenters. The molecule has 102 valence electrons. The normalized spacial score (nSPS) is 20.6. The molecule has 0 bridgehead atoms. The van der Waals surface area contributed by atoms with Crippen LogP contribution in [0.4, 0.5) is 0 Å². The summed E-state index contributed by atoms with van der Waals surface area (Å²) in [6, 6.07) is 0. The third kappa shape index (κ3) is 4.90. The van der Waals surface area contributed by atoms with Gasteiger partial charge in [-0.2, -0.15) is 0 Å². The molecular formula is C9H19NO5S2. The van der Waals surface area contributed by atoms with Crippen LogP contribution < -0.4 is 4.72 Å². The van der Waals surface area contributed by atoms with Gasteiger partial charge in [-0.25, -0.2) is 21.6 Å². The van der Waals surface area contributed by atoms with E-state index >= 15 is 0 Å². The van der Waals surface area contributed by atoms with Gasteiger partial charge in [0.2, 0.25) is 10.0 Å². The molecule has 1 aliphatic carbocycles. The van der Waals surface area contributed by atoms with Crippen molar-refractivity contribution < 1.29 is 21.9 Å². The first-order valence-corrected chi connectivity index (χ1v) is 9.15. The van der Waals surface area contributed by atoms with Crippen molar-refractivity contribution in [3.63, 3.8) is 0 Å². The van der Waals surface area contributed by atoms with E-state index in [1.807, 2.05) is 0 Å². The van der Waals surface area contributed by atoms with Gasteiger partial charge in [0, 0.05) is 24.8 Å². The van der Waals surface area contributed by atoms with Crippen molar-refractivity contribution in [3.05, 3.63) is 0 Å². The molecule has 1 aliphatic rings. The number of rotatable bonds is 6. The van der Waals surface area contributed by atoms with Crippen molar-refractivity contribution in [1.82, 2.24) is 4.72 Å². The largest absolute Gasteiger partial charge is 0.396 e. The minimum Gasteiger partial charge on any atom is -0.396 e. The highest BCUT2D eigenvalue weighted by Gasteiger charge is 2.34. The summed E-state index contributed by atoms with van der Waals surface area (Å²) in [4.78, 5) is 0. The summed E-state index contributed by atoms with van der Waals surface area (Å²) >= 11 is 0. The van der Waals surface area contributed by atoms with E-state index in [2.05, 4.69) is 4.72 Å². The molecule has 0 aromatic rings. The third-order valence-electron chi connectivity index (χ3n) is 3.04. The van der Waals surface area contributed by atoms with E-state index in [1.165, 1.54) is 0 Å². The van der Waals surface area contributed by atoms with Gasteiger partial charge >= 0.3 is 0 Å². The minimum atomic E-state index is -3.82. The second-order valence-corrected chi connectivity index (χ2v) is 9.16. The first kappa shape index (κ1) is 14.9. The average molecular weight is 285 g/mol. The molecule has 0 radical (unpaired) electrons. The Labute approximate surface area is 102 Å². The Morgan fingerprint density at radius 3 is 2.12 bits per heavy atom. The fourth-order valence-electron chi connectivity index (χ4n) is 2.10. The number of aliphatic hydroxyl groups is 1. The summed E-state index contributed by atoms with van der Waals surface area (Å²) in [6.45, 7) is 0.0374. The number of sulfonamides is 1. The minimum absolute atomic E-state index is 0.0750. The van der Waals surface area contributed by atoms with Gasteiger partial charge in [-0.3, -0.25) is 0 Å². The van der Waals surface area contributed by atoms with Crippen molar-refractivity contribution in [1.29, 1.82) is 0 Å². The van der Waals surface area contributed by atoms with Crippen LogP contribution in [0.15, 0.2) is 0 Å². The van der Waals surface area contributed by atoms with E-state index in [0.717, 1.165) is 31.9 Å². The van der Waals surface area contributed by atoms with Gasteiger partial charge in [0.1, 0.15) is 0 Å². The van der Waals surface area contributed by atoms with Crippen LogP contribution in [0.25, 0.3) is 0 Å². The number of hydrogen-bond acceptors (Lipinski definition) is 5. The van der Waals surface area contributed by atoms with Crippen molar-refractivity contribution >= 4 is 19.9 Å². The molecule has 8 heteroatoms. The lowest BCUT2D eigenvalue weighted by Crippen LogP contribution is -2.40. The van der Waals surface area contributed by atoms with Crippen LogP contribution in [0.2, 0.25) is 0 Å². The Morgan fingerprint density at radius 1 is 1.18 bits per heavy atom. The van der Waals surface area contributed by atoms with Gasteiger partial charge in [0.15, 0.2) is 14.9 Å². The monoisotopic (exact) mass is 285 g/mol. The van der Waals surface area contributed by atoms with Crippen LogP contribution >= 0.6 is 0 Å². The molecule has 0 aliphatic heterocycles. The Hall–Kier alpha value is -0.180. The Balaban J connectivity index is 2.60. The van der Waals surface area contributed by atoms with Crippen LogP contribution in [0.1, 0.15) is 25.7 Å². The van der Waals surface area contributed by atoms with Crippen molar-refractivity contribution in [3.8, 4) is 0 Å². The van der Waals surface area contributed by atoms with Crippen molar-refractivity contribution in [2.45, 2.75) is 25.7 Å². The molecule has 2 N–H and O–H groups in total. The molecular weight excluding hydrogens is 266 g/mol. The van der Waals surface area contributed by atoms with Crippen LogP contribution in [0.3, 0.4) is 0 Å². The van der Waals surface area contributed by atoms with E-state index in [4.69, 9.17) is 0 Å². The molecule has 1 rings (SSSR count). The topological polar surface area (TPSA) is 101 Å². The van der Waals surface area contributed by atoms with E-state index < -0.39 is 30.4 Å². The van der Waals surface area contributed by atoms with E-state index in [9.17, 15) is 21.9 Å². The van der Waals surface area contributed by atoms with Crippen LogP contribution in [-0.2, 0) is 19.9 Å². The number of hydrogen-bond donors (Lipinski definition) is 2. The maximum atomic E-state index is 11.5. The second kappa shape index (κ2) is 5.21. The number of sulfone groups is 1. The van der Waals surface area contributed by atoms with Gasteiger partial charge in [-0.1, -0.05) is 12.8 Å². The highest BCUT2D eigenvalue weighted by atomic mass is 32.3. The van der Waals surface area contributed by atoms with Crippen molar-refractivity contribution in [2.24, 2.45) is 5.41 Å². The predicted molar refractivity (Wildman–Crippen MR) is 64.6 cm³/mol. The zero-order valence-electron chi connectivity index (χ0n) is 9.85. The Kier molecular flexibility index (Phi) is 4.56. The molecule has 0 saturated heterocycles. The van der Waals surface area contributed by atoms with Gasteiger partial charge in [0.25, 0.3) is 0 Å². The zero-order chi connectivity index (χ0) is 13.2. The summed E-state index contributed by atoms with van der Waals surface area (Å²) in [5.74, 6) is 0. The highest BCUT2D eigenvalue weighted by Crippen LogP contribution is 2.36. The summed E-state index contributed by atoms with van der Waals surface area (Å²) < 4.78 is 47.1. The molecule has 6 nitrogen and oxygen atoms in total. The first-order valence-electron chi connectivity index (χ1n) is 5.44. The predicted octanol–water partition coefficient (Wildman–Crippen LogP) is -0.539. The average Bonchev–Trinajstić information content (AvgIpc) is 2.60. The molecule has 0 unspecified atom stereocenters. The van der Waals surface area contributed by atoms with Crippen molar-refractivity contribution in [2.75, 3.05) is 24.5 Å². The maximum absolute atomic E-state index is 11.5. The zero-order valence-corrected chi connectivity index (χ0v) is 11.5. The Morgan fingerprint density at radius 2 is 1.71 bits per heavy atom. The summed E-state index contributed by atoms with van der Waals surface area (Å²) in [7, 11) is -7.39. The molecule has 1 fully saturated rings. The van der Waals surface area contributed by atoms with E-state index in [1.54, 1.807) is 0 Å². The summed E-state index contributed by atoms with van der Waals surface area (Å²) in [5, 5.41) is 8.39. The number of nitrogens with one attached hydrogen (secondary N) is 1. The second-order valence-electron chi connectivity index (χ2n) is 4.84. The SMILES string of the molecule is CS(=O)(=O)CS(=O)(=O)NCC1(CO)CCCC1. The molecule has 1 saturated carbocycles. The smallest absolute Gasteiger partial charge is 0.226 e. The van der Waals surface area contributed by atoms with Gasteiger partial charge < -0.3 is 5.11 Å². The van der Waals surface area contributed by atoms with E-state index in [0.29, 0.717) is 0 Å². The van der Waals surface area contributed by atoms with Gasteiger partial charge in [-0.05, 0) is 12.8 Å². The lowest BCUT2D eigenvalue weighted by molar-refractivity contribution is 0.134. The molecule has 0 aromatic carbocycles. The van der Waals surface area contributed by atoms with Crippen LogP contribution in [0, 0.1) is 5.41 Å². The highest BCUT2D eigenvalue weighted by molar-refractivity contribution is 8.06. The maximum Gasteiger partial charge on any atom is 0.226 e. The third-order valence-corrected chi connectivity index (χ3v) is 6.57. The summed E-state index contributed by atoms with van der Waals surface area (Å²) in [5.41, 5.74) is -0.412. The standard InChI is InChI=1S/C9H19NO5S2/c1-16(12,13)8-17(14,15)10-6-9(7-11)4-2-3-5-9/h10-11H,2-8H2,1H3.